The standard InChI is InChI=1S/C24H38O3/c1-22-12-10-19(26)16-18(22)7-8-21-20(22)11-13-23(2)17(6-4-3-5-15-25)9-14-24(21,23)27/h3-6,17-21,25-27H,7-16H2,1-2H3/b5-3+,6-4+/t17-,18+,19-,20?,21?,22-,23+,24-/m0/s1. The second kappa shape index (κ2) is 7.00. The highest BCUT2D eigenvalue weighted by atomic mass is 16.3. The van der Waals surface area contributed by atoms with Crippen molar-refractivity contribution in [2.75, 3.05) is 6.61 Å². The summed E-state index contributed by atoms with van der Waals surface area (Å²) >= 11 is 0. The van der Waals surface area contributed by atoms with Gasteiger partial charge < -0.3 is 15.3 Å². The topological polar surface area (TPSA) is 60.7 Å². The molecule has 0 aliphatic heterocycles. The van der Waals surface area contributed by atoms with Crippen LogP contribution in [0, 0.1) is 34.5 Å². The van der Waals surface area contributed by atoms with E-state index < -0.39 is 5.60 Å². The zero-order valence-corrected chi connectivity index (χ0v) is 17.1. The number of fused-ring (bicyclic) bond motifs is 5. The van der Waals surface area contributed by atoms with Crippen LogP contribution in [0.5, 0.6) is 0 Å². The lowest BCUT2D eigenvalue weighted by Crippen LogP contribution is -2.62. The second-order valence-electron chi connectivity index (χ2n) is 10.4. The van der Waals surface area contributed by atoms with Crippen LogP contribution in [0.1, 0.15) is 71.6 Å². The molecule has 0 radical (unpaired) electrons. The Morgan fingerprint density at radius 3 is 2.52 bits per heavy atom. The molecular weight excluding hydrogens is 336 g/mol. The van der Waals surface area contributed by atoms with Gasteiger partial charge >= 0.3 is 0 Å². The lowest BCUT2D eigenvalue weighted by Gasteiger charge is -2.63. The maximum Gasteiger partial charge on any atom is 0.0737 e. The van der Waals surface area contributed by atoms with E-state index in [9.17, 15) is 10.2 Å². The molecule has 3 nitrogen and oxygen atoms in total. The summed E-state index contributed by atoms with van der Waals surface area (Å²) in [5, 5.41) is 31.2. The first kappa shape index (κ1) is 19.7. The summed E-state index contributed by atoms with van der Waals surface area (Å²) in [4.78, 5) is 0. The average Bonchev–Trinajstić information content (AvgIpc) is 2.91. The minimum atomic E-state index is -0.546. The van der Waals surface area contributed by atoms with Gasteiger partial charge in [0, 0.05) is 5.41 Å². The number of rotatable bonds is 3. The molecule has 152 valence electrons. The van der Waals surface area contributed by atoms with Crippen LogP contribution in [0.25, 0.3) is 0 Å². The molecule has 4 rings (SSSR count). The van der Waals surface area contributed by atoms with Gasteiger partial charge in [0.2, 0.25) is 0 Å². The minimum Gasteiger partial charge on any atom is -0.393 e. The first-order valence-electron chi connectivity index (χ1n) is 11.2. The van der Waals surface area contributed by atoms with Gasteiger partial charge in [-0.15, -0.1) is 0 Å². The van der Waals surface area contributed by atoms with Crippen molar-refractivity contribution in [2.24, 2.45) is 34.5 Å². The van der Waals surface area contributed by atoms with E-state index in [1.165, 1.54) is 12.8 Å². The number of hydrogen-bond acceptors (Lipinski definition) is 3. The Labute approximate surface area is 164 Å². The first-order valence-corrected chi connectivity index (χ1v) is 11.2. The van der Waals surface area contributed by atoms with E-state index in [0.29, 0.717) is 29.1 Å². The number of aliphatic hydroxyl groups excluding tert-OH is 2. The third-order valence-corrected chi connectivity index (χ3v) is 9.59. The summed E-state index contributed by atoms with van der Waals surface area (Å²) in [5.41, 5.74) is -0.276. The van der Waals surface area contributed by atoms with E-state index in [4.69, 9.17) is 5.11 Å². The van der Waals surface area contributed by atoms with Crippen LogP contribution in [0.4, 0.5) is 0 Å². The fourth-order valence-electron chi connectivity index (χ4n) is 7.89. The van der Waals surface area contributed by atoms with E-state index in [-0.39, 0.29) is 18.1 Å². The van der Waals surface area contributed by atoms with E-state index in [2.05, 4.69) is 26.0 Å². The van der Waals surface area contributed by atoms with E-state index >= 15 is 0 Å². The molecule has 27 heavy (non-hydrogen) atoms. The van der Waals surface area contributed by atoms with Gasteiger partial charge in [0.25, 0.3) is 0 Å². The highest BCUT2D eigenvalue weighted by Gasteiger charge is 2.66. The quantitative estimate of drug-likeness (QED) is 0.648. The number of allylic oxidation sites excluding steroid dienone is 3. The first-order chi connectivity index (χ1) is 12.8. The third-order valence-electron chi connectivity index (χ3n) is 9.59. The molecule has 3 heteroatoms. The summed E-state index contributed by atoms with van der Waals surface area (Å²) in [6.45, 7) is 4.88. The van der Waals surface area contributed by atoms with Crippen molar-refractivity contribution >= 4 is 0 Å². The predicted molar refractivity (Wildman–Crippen MR) is 108 cm³/mol. The van der Waals surface area contributed by atoms with Crippen LogP contribution in [0.2, 0.25) is 0 Å². The van der Waals surface area contributed by atoms with Gasteiger partial charge in [-0.05, 0) is 86.9 Å². The molecule has 0 saturated heterocycles. The van der Waals surface area contributed by atoms with Crippen molar-refractivity contribution in [3.8, 4) is 0 Å². The smallest absolute Gasteiger partial charge is 0.0737 e. The van der Waals surface area contributed by atoms with E-state index in [1.807, 2.05) is 6.08 Å². The largest absolute Gasteiger partial charge is 0.393 e. The highest BCUT2D eigenvalue weighted by molar-refractivity contribution is 5.20. The van der Waals surface area contributed by atoms with Gasteiger partial charge in [-0.3, -0.25) is 0 Å². The van der Waals surface area contributed by atoms with Crippen LogP contribution >= 0.6 is 0 Å². The Hall–Kier alpha value is -0.640. The van der Waals surface area contributed by atoms with E-state index in [1.54, 1.807) is 6.08 Å². The molecule has 0 aromatic heterocycles. The second-order valence-corrected chi connectivity index (χ2v) is 10.4. The van der Waals surface area contributed by atoms with Gasteiger partial charge in [-0.25, -0.2) is 0 Å². The van der Waals surface area contributed by atoms with Crippen LogP contribution in [-0.4, -0.2) is 33.6 Å². The molecule has 0 amide bonds. The van der Waals surface area contributed by atoms with Gasteiger partial charge in [0.1, 0.15) is 0 Å². The van der Waals surface area contributed by atoms with Crippen LogP contribution in [0.3, 0.4) is 0 Å². The van der Waals surface area contributed by atoms with Crippen molar-refractivity contribution in [1.82, 2.24) is 0 Å². The van der Waals surface area contributed by atoms with Gasteiger partial charge in [0.05, 0.1) is 18.3 Å². The lowest BCUT2D eigenvalue weighted by molar-refractivity contribution is -0.207. The Kier molecular flexibility index (Phi) is 5.10. The molecule has 8 atom stereocenters. The zero-order valence-electron chi connectivity index (χ0n) is 17.1. The molecule has 4 saturated carbocycles. The Morgan fingerprint density at radius 1 is 0.926 bits per heavy atom. The monoisotopic (exact) mass is 374 g/mol. The molecule has 0 bridgehead atoms. The van der Waals surface area contributed by atoms with Crippen molar-refractivity contribution in [3.05, 3.63) is 24.3 Å². The highest BCUT2D eigenvalue weighted by Crippen LogP contribution is 2.69. The number of hydrogen-bond donors (Lipinski definition) is 3. The molecule has 0 heterocycles. The molecule has 2 unspecified atom stereocenters. The fourth-order valence-corrected chi connectivity index (χ4v) is 7.89. The van der Waals surface area contributed by atoms with Crippen molar-refractivity contribution in [3.63, 3.8) is 0 Å². The molecule has 3 N–H and O–H groups in total. The molecule has 4 fully saturated rings. The Bertz CT molecular complexity index is 613. The normalized spacial score (nSPS) is 52.7. The lowest BCUT2D eigenvalue weighted by atomic mass is 9.43. The van der Waals surface area contributed by atoms with Crippen molar-refractivity contribution in [1.29, 1.82) is 0 Å². The van der Waals surface area contributed by atoms with Crippen molar-refractivity contribution in [2.45, 2.75) is 83.3 Å². The summed E-state index contributed by atoms with van der Waals surface area (Å²) in [5.74, 6) is 2.08. The summed E-state index contributed by atoms with van der Waals surface area (Å²) < 4.78 is 0. The molecule has 4 aliphatic rings. The maximum absolute atomic E-state index is 12.1. The van der Waals surface area contributed by atoms with Crippen LogP contribution in [0.15, 0.2) is 24.3 Å². The third kappa shape index (κ3) is 2.88. The van der Waals surface area contributed by atoms with Crippen molar-refractivity contribution < 1.29 is 15.3 Å². The minimum absolute atomic E-state index is 0.0326. The average molecular weight is 375 g/mol. The van der Waals surface area contributed by atoms with Gasteiger partial charge in [0.15, 0.2) is 0 Å². The zero-order chi connectivity index (χ0) is 19.3. The Balaban J connectivity index is 1.59. The summed E-state index contributed by atoms with van der Waals surface area (Å²) in [6, 6.07) is 0. The molecule has 4 aliphatic carbocycles. The molecule has 0 aromatic rings. The molecular formula is C24H38O3. The fraction of sp³-hybridized carbons (Fsp3) is 0.833. The van der Waals surface area contributed by atoms with Crippen LogP contribution in [-0.2, 0) is 0 Å². The SMILES string of the molecule is C[C@]12CC[C@H](O)C[C@H]1CCC1C2CC[C@]2(C)[C@@H](/C=C/C=C/CO)CC[C@]12O. The van der Waals surface area contributed by atoms with Crippen LogP contribution < -0.4 is 0 Å². The maximum atomic E-state index is 12.1. The summed E-state index contributed by atoms with van der Waals surface area (Å²) in [7, 11) is 0. The van der Waals surface area contributed by atoms with Gasteiger partial charge in [-0.1, -0.05) is 38.2 Å². The molecule has 0 aromatic carbocycles. The number of aliphatic hydroxyl groups is 3. The van der Waals surface area contributed by atoms with Gasteiger partial charge in [-0.2, -0.15) is 0 Å². The predicted octanol–water partition coefficient (Wildman–Crippen LogP) is 4.23. The van der Waals surface area contributed by atoms with E-state index in [0.717, 1.165) is 44.9 Å². The molecule has 0 spiro atoms. The summed E-state index contributed by atoms with van der Waals surface area (Å²) in [6.07, 6.45) is 17.6. The Morgan fingerprint density at radius 2 is 1.74 bits per heavy atom.